The summed E-state index contributed by atoms with van der Waals surface area (Å²) in [5.41, 5.74) is 2.04. The Labute approximate surface area is 120 Å². The molecular weight excluding hydrogens is 284 g/mol. The van der Waals surface area contributed by atoms with E-state index < -0.39 is 16.1 Å². The van der Waals surface area contributed by atoms with Crippen LogP contribution in [0.3, 0.4) is 0 Å². The van der Waals surface area contributed by atoms with Crippen molar-refractivity contribution >= 4 is 52.3 Å². The fraction of sp³-hybridized carbons (Fsp3) is 0.250. The van der Waals surface area contributed by atoms with E-state index in [9.17, 15) is 9.59 Å². The third-order valence-corrected chi connectivity index (χ3v) is 3.16. The second kappa shape index (κ2) is 5.66. The molecule has 1 aromatic heterocycles. The molecule has 1 aromatic carbocycles. The highest BCUT2D eigenvalue weighted by molar-refractivity contribution is 7.97. The van der Waals surface area contributed by atoms with Crippen molar-refractivity contribution in [3.05, 3.63) is 24.1 Å². The Balaban J connectivity index is 2.42. The Morgan fingerprint density at radius 1 is 1.42 bits per heavy atom. The van der Waals surface area contributed by atoms with Crippen LogP contribution in [-0.2, 0) is 9.59 Å². The normalized spacial score (nSPS) is 12.4. The fourth-order valence-corrected chi connectivity index (χ4v) is 2.09. The van der Waals surface area contributed by atoms with Crippen LogP contribution >= 0.6 is 25.3 Å². The summed E-state index contributed by atoms with van der Waals surface area (Å²) in [5.74, 6) is -0.621. The minimum atomic E-state index is -0.807. The predicted molar refractivity (Wildman–Crippen MR) is 78.9 cm³/mol. The number of hydrogen-bond acceptors (Lipinski definition) is 5. The van der Waals surface area contributed by atoms with Gasteiger partial charge in [0.25, 0.3) is 0 Å². The molecule has 1 unspecified atom stereocenters. The lowest BCUT2D eigenvalue weighted by atomic mass is 10.1. The fourth-order valence-electron chi connectivity index (χ4n) is 1.70. The first-order valence-corrected chi connectivity index (χ1v) is 6.43. The van der Waals surface area contributed by atoms with Gasteiger partial charge in [-0.25, -0.2) is 4.98 Å². The van der Waals surface area contributed by atoms with E-state index in [1.54, 1.807) is 19.2 Å². The number of rotatable bonds is 5. The lowest BCUT2D eigenvalue weighted by molar-refractivity contribution is -0.117. The number of benzene rings is 1. The maximum Gasteiger partial charge on any atom is 0.207 e. The van der Waals surface area contributed by atoms with Gasteiger partial charge in [0.2, 0.25) is 5.89 Å². The number of carbonyl (C=O) groups excluding carboxylic acids is 2. The van der Waals surface area contributed by atoms with Gasteiger partial charge in [-0.3, -0.25) is 9.59 Å². The molecule has 0 spiro atoms. The molecule has 100 valence electrons. The maximum atomic E-state index is 11.4. The standard InChI is InChI=1S/C12H12N2O3S2/c1-13-6-2-3-8-9(4-6)17-11(14-8)7(12(16)19)5-10(15)18/h2-4,7,13H,5H2,1H3,(H,15,18)(H,16,19). The molecule has 0 radical (unpaired) electrons. The zero-order valence-electron chi connectivity index (χ0n) is 10.1. The number of fused-ring (bicyclic) bond motifs is 1. The van der Waals surface area contributed by atoms with E-state index in [1.807, 2.05) is 6.07 Å². The monoisotopic (exact) mass is 296 g/mol. The first kappa shape index (κ1) is 14.0. The first-order chi connectivity index (χ1) is 9.01. The van der Waals surface area contributed by atoms with Gasteiger partial charge in [-0.05, 0) is 12.1 Å². The van der Waals surface area contributed by atoms with E-state index in [-0.39, 0.29) is 12.3 Å². The molecule has 1 atom stereocenters. The maximum absolute atomic E-state index is 11.4. The van der Waals surface area contributed by atoms with Crippen molar-refractivity contribution in [1.82, 2.24) is 4.98 Å². The molecule has 0 saturated carbocycles. The summed E-state index contributed by atoms with van der Waals surface area (Å²) in [4.78, 5) is 26.7. The van der Waals surface area contributed by atoms with Crippen LogP contribution in [-0.4, -0.2) is 22.3 Å². The van der Waals surface area contributed by atoms with Gasteiger partial charge in [-0.1, -0.05) is 0 Å². The van der Waals surface area contributed by atoms with Gasteiger partial charge in [0, 0.05) is 25.2 Å². The van der Waals surface area contributed by atoms with E-state index in [0.717, 1.165) is 5.69 Å². The quantitative estimate of drug-likeness (QED) is 0.738. The average Bonchev–Trinajstić information content (AvgIpc) is 2.77. The first-order valence-electron chi connectivity index (χ1n) is 5.54. The van der Waals surface area contributed by atoms with Crippen molar-refractivity contribution in [3.63, 3.8) is 0 Å². The van der Waals surface area contributed by atoms with Crippen molar-refractivity contribution in [3.8, 4) is 0 Å². The number of hydrogen-bond donors (Lipinski definition) is 3. The molecule has 2 rings (SSSR count). The Morgan fingerprint density at radius 2 is 2.16 bits per heavy atom. The number of oxazole rings is 1. The number of aromatic nitrogens is 1. The summed E-state index contributed by atoms with van der Waals surface area (Å²) in [7, 11) is 1.79. The van der Waals surface area contributed by atoms with Gasteiger partial charge in [-0.15, -0.1) is 25.3 Å². The Morgan fingerprint density at radius 3 is 2.74 bits per heavy atom. The average molecular weight is 296 g/mol. The summed E-state index contributed by atoms with van der Waals surface area (Å²) in [6.45, 7) is 0. The summed E-state index contributed by atoms with van der Waals surface area (Å²) in [6.07, 6.45) is -0.0862. The highest BCUT2D eigenvalue weighted by Gasteiger charge is 2.25. The zero-order chi connectivity index (χ0) is 14.0. The van der Waals surface area contributed by atoms with Gasteiger partial charge in [0.05, 0.1) is 0 Å². The minimum Gasteiger partial charge on any atom is -0.440 e. The van der Waals surface area contributed by atoms with E-state index in [0.29, 0.717) is 11.1 Å². The lowest BCUT2D eigenvalue weighted by Crippen LogP contribution is -2.10. The molecule has 2 aromatic rings. The van der Waals surface area contributed by atoms with Gasteiger partial charge >= 0.3 is 0 Å². The van der Waals surface area contributed by atoms with E-state index in [4.69, 9.17) is 4.42 Å². The van der Waals surface area contributed by atoms with Crippen LogP contribution in [0.15, 0.2) is 22.6 Å². The largest absolute Gasteiger partial charge is 0.440 e. The van der Waals surface area contributed by atoms with Crippen LogP contribution in [0.2, 0.25) is 0 Å². The number of nitrogens with one attached hydrogen (secondary N) is 1. The SMILES string of the molecule is CNc1ccc2nc(C(CC(=O)S)C(=O)S)oc2c1. The molecule has 0 aliphatic carbocycles. The van der Waals surface area contributed by atoms with Gasteiger partial charge in [0.15, 0.2) is 15.8 Å². The molecule has 5 nitrogen and oxygen atoms in total. The highest BCUT2D eigenvalue weighted by Crippen LogP contribution is 2.27. The second-order valence-electron chi connectivity index (χ2n) is 3.97. The van der Waals surface area contributed by atoms with Crippen LogP contribution in [0.5, 0.6) is 0 Å². The van der Waals surface area contributed by atoms with Gasteiger partial charge in [0.1, 0.15) is 11.4 Å². The molecule has 19 heavy (non-hydrogen) atoms. The Bertz CT molecular complexity index is 639. The van der Waals surface area contributed by atoms with E-state index >= 15 is 0 Å². The molecule has 0 fully saturated rings. The smallest absolute Gasteiger partial charge is 0.207 e. The Hall–Kier alpha value is -1.47. The summed E-state index contributed by atoms with van der Waals surface area (Å²) in [5, 5.41) is 2.10. The van der Waals surface area contributed by atoms with Gasteiger partial charge in [-0.2, -0.15) is 0 Å². The predicted octanol–water partition coefficient (Wildman–Crippen LogP) is 2.26. The minimum absolute atomic E-state index is 0.0862. The van der Waals surface area contributed by atoms with E-state index in [1.165, 1.54) is 0 Å². The van der Waals surface area contributed by atoms with E-state index in [2.05, 4.69) is 35.6 Å². The van der Waals surface area contributed by atoms with Crippen molar-refractivity contribution in [2.75, 3.05) is 12.4 Å². The van der Waals surface area contributed by atoms with Crippen molar-refractivity contribution in [2.45, 2.75) is 12.3 Å². The van der Waals surface area contributed by atoms with Crippen LogP contribution < -0.4 is 5.32 Å². The zero-order valence-corrected chi connectivity index (χ0v) is 11.9. The van der Waals surface area contributed by atoms with Crippen molar-refractivity contribution in [1.29, 1.82) is 0 Å². The second-order valence-corrected chi connectivity index (χ2v) is 4.91. The molecule has 0 aliphatic heterocycles. The number of carbonyl (C=O) groups is 2. The third kappa shape index (κ3) is 3.10. The molecule has 1 N–H and O–H groups in total. The van der Waals surface area contributed by atoms with Crippen LogP contribution in [0.4, 0.5) is 5.69 Å². The Kier molecular flexibility index (Phi) is 4.16. The number of thiol groups is 2. The summed E-state index contributed by atoms with van der Waals surface area (Å²) >= 11 is 7.43. The van der Waals surface area contributed by atoms with Gasteiger partial charge < -0.3 is 9.73 Å². The summed E-state index contributed by atoms with van der Waals surface area (Å²) in [6, 6.07) is 5.39. The lowest BCUT2D eigenvalue weighted by Gasteiger charge is -2.05. The topological polar surface area (TPSA) is 72.2 Å². The number of anilines is 1. The van der Waals surface area contributed by atoms with Crippen LogP contribution in [0, 0.1) is 0 Å². The number of nitrogens with zero attached hydrogens (tertiary/aromatic N) is 1. The molecule has 7 heteroatoms. The highest BCUT2D eigenvalue weighted by atomic mass is 32.1. The molecular formula is C12H12N2O3S2. The van der Waals surface area contributed by atoms with Crippen LogP contribution in [0.1, 0.15) is 18.2 Å². The molecule has 0 amide bonds. The van der Waals surface area contributed by atoms with Crippen molar-refractivity contribution < 1.29 is 14.0 Å². The molecule has 1 heterocycles. The van der Waals surface area contributed by atoms with Crippen LogP contribution in [0.25, 0.3) is 11.1 Å². The molecule has 0 aliphatic rings. The summed E-state index contributed by atoms with van der Waals surface area (Å²) < 4.78 is 5.53. The molecule has 0 bridgehead atoms. The third-order valence-electron chi connectivity index (χ3n) is 2.67. The molecule has 0 saturated heterocycles. The van der Waals surface area contributed by atoms with Crippen molar-refractivity contribution in [2.24, 2.45) is 0 Å².